The van der Waals surface area contributed by atoms with Crippen LogP contribution in [0.25, 0.3) is 6.08 Å². The summed E-state index contributed by atoms with van der Waals surface area (Å²) in [5.74, 6) is 0.222. The van der Waals surface area contributed by atoms with Gasteiger partial charge >= 0.3 is 0 Å². The number of hydrazone groups is 1. The van der Waals surface area contributed by atoms with Crippen LogP contribution in [0.3, 0.4) is 0 Å². The van der Waals surface area contributed by atoms with Crippen molar-refractivity contribution in [3.63, 3.8) is 0 Å². The molecule has 0 saturated heterocycles. The van der Waals surface area contributed by atoms with Crippen molar-refractivity contribution in [2.24, 2.45) is 5.10 Å². The summed E-state index contributed by atoms with van der Waals surface area (Å²) in [7, 11) is 0. The minimum atomic E-state index is -0.320. The summed E-state index contributed by atoms with van der Waals surface area (Å²) in [6.07, 6.45) is 5.78. The van der Waals surface area contributed by atoms with Gasteiger partial charge in [-0.05, 0) is 46.5 Å². The fraction of sp³-hybridized carbons (Fsp3) is 0.188. The molecule has 1 saturated carbocycles. The highest BCUT2D eigenvalue weighted by atomic mass is 79.9. The maximum atomic E-state index is 11.9. The molecular weight excluding hydrogens is 344 g/mol. The Morgan fingerprint density at radius 1 is 1.36 bits per heavy atom. The second-order valence-electron chi connectivity index (χ2n) is 5.12. The second kappa shape index (κ2) is 6.70. The number of carbonyl (C=O) groups excluding carboxylic acids is 1. The van der Waals surface area contributed by atoms with Gasteiger partial charge in [0.2, 0.25) is 0 Å². The first kappa shape index (κ1) is 14.7. The minimum absolute atomic E-state index is 0.320. The number of nitrogens with zero attached hydrogens (tertiary/aromatic N) is 2. The Labute approximate surface area is 136 Å². The monoisotopic (exact) mass is 358 g/mol. The van der Waals surface area contributed by atoms with Crippen LogP contribution in [0.4, 0.5) is 0 Å². The van der Waals surface area contributed by atoms with Crippen molar-refractivity contribution in [3.8, 4) is 0 Å². The Kier molecular flexibility index (Phi) is 4.48. The number of allylic oxidation sites excluding steroid dienone is 1. The summed E-state index contributed by atoms with van der Waals surface area (Å²) >= 11 is 3.39. The van der Waals surface area contributed by atoms with Gasteiger partial charge in [0.1, 0.15) is 0 Å². The SMILES string of the molecule is O=C(NN=CC(Br)=Cc1ccccc1)c1cc(C2CC2)[nH]n1. The van der Waals surface area contributed by atoms with E-state index in [0.717, 1.165) is 15.7 Å². The largest absolute Gasteiger partial charge is 0.291 e. The first-order valence-corrected chi connectivity index (χ1v) is 7.82. The Morgan fingerprint density at radius 2 is 2.14 bits per heavy atom. The lowest BCUT2D eigenvalue weighted by molar-refractivity contribution is 0.0950. The molecule has 1 heterocycles. The number of hydrogen-bond donors (Lipinski definition) is 2. The predicted molar refractivity (Wildman–Crippen MR) is 89.9 cm³/mol. The van der Waals surface area contributed by atoms with Crippen molar-refractivity contribution < 1.29 is 4.79 Å². The lowest BCUT2D eigenvalue weighted by atomic mass is 10.2. The maximum absolute atomic E-state index is 11.9. The van der Waals surface area contributed by atoms with Crippen molar-refractivity contribution >= 4 is 34.1 Å². The van der Waals surface area contributed by atoms with Gasteiger partial charge in [-0.3, -0.25) is 9.89 Å². The first-order valence-electron chi connectivity index (χ1n) is 7.03. The zero-order chi connectivity index (χ0) is 15.4. The van der Waals surface area contributed by atoms with E-state index >= 15 is 0 Å². The van der Waals surface area contributed by atoms with Gasteiger partial charge in [0, 0.05) is 16.1 Å². The van der Waals surface area contributed by atoms with E-state index in [1.165, 1.54) is 12.8 Å². The van der Waals surface area contributed by atoms with Crippen LogP contribution in [0.2, 0.25) is 0 Å². The minimum Gasteiger partial charge on any atom is -0.281 e. The van der Waals surface area contributed by atoms with Gasteiger partial charge in [0.05, 0.1) is 6.21 Å². The lowest BCUT2D eigenvalue weighted by Crippen LogP contribution is -2.17. The van der Waals surface area contributed by atoms with Crippen molar-refractivity contribution in [2.75, 3.05) is 0 Å². The van der Waals surface area contributed by atoms with Crippen LogP contribution in [0.15, 0.2) is 46.0 Å². The van der Waals surface area contributed by atoms with Crippen LogP contribution in [-0.2, 0) is 0 Å². The molecule has 112 valence electrons. The second-order valence-corrected chi connectivity index (χ2v) is 6.04. The van der Waals surface area contributed by atoms with Gasteiger partial charge in [-0.15, -0.1) is 0 Å². The molecule has 3 rings (SSSR count). The fourth-order valence-corrected chi connectivity index (χ4v) is 2.38. The molecule has 1 aliphatic rings. The van der Waals surface area contributed by atoms with Crippen molar-refractivity contribution in [3.05, 3.63) is 57.8 Å². The quantitative estimate of drug-likeness (QED) is 0.634. The molecule has 2 N–H and O–H groups in total. The van der Waals surface area contributed by atoms with Crippen molar-refractivity contribution in [1.29, 1.82) is 0 Å². The molecule has 0 aliphatic heterocycles. The molecule has 1 aromatic carbocycles. The zero-order valence-corrected chi connectivity index (χ0v) is 13.4. The number of hydrogen-bond acceptors (Lipinski definition) is 3. The van der Waals surface area contributed by atoms with Gasteiger partial charge < -0.3 is 0 Å². The summed E-state index contributed by atoms with van der Waals surface area (Å²) in [6, 6.07) is 11.6. The molecule has 5 nitrogen and oxygen atoms in total. The van der Waals surface area contributed by atoms with E-state index in [1.807, 2.05) is 36.4 Å². The van der Waals surface area contributed by atoms with E-state index in [0.29, 0.717) is 11.6 Å². The molecule has 2 aromatic rings. The Balaban J connectivity index is 1.56. The molecule has 0 atom stereocenters. The number of rotatable bonds is 5. The Bertz CT molecular complexity index is 717. The molecule has 1 fully saturated rings. The lowest BCUT2D eigenvalue weighted by Gasteiger charge is -1.95. The number of benzene rings is 1. The normalized spacial score (nSPS) is 15.2. The number of amides is 1. The topological polar surface area (TPSA) is 70.1 Å². The molecule has 1 aliphatic carbocycles. The van der Waals surface area contributed by atoms with Crippen molar-refractivity contribution in [2.45, 2.75) is 18.8 Å². The van der Waals surface area contributed by atoms with E-state index in [2.05, 4.69) is 36.7 Å². The average Bonchev–Trinajstić information content (AvgIpc) is 3.25. The molecule has 1 aromatic heterocycles. The highest BCUT2D eigenvalue weighted by Crippen LogP contribution is 2.38. The molecule has 0 unspecified atom stereocenters. The fourth-order valence-electron chi connectivity index (χ4n) is 2.01. The highest BCUT2D eigenvalue weighted by Gasteiger charge is 2.26. The summed E-state index contributed by atoms with van der Waals surface area (Å²) in [5.41, 5.74) is 4.91. The zero-order valence-electron chi connectivity index (χ0n) is 11.8. The third-order valence-electron chi connectivity index (χ3n) is 3.31. The third kappa shape index (κ3) is 3.92. The van der Waals surface area contributed by atoms with Gasteiger partial charge in [-0.2, -0.15) is 10.2 Å². The molecule has 1 amide bonds. The summed E-state index contributed by atoms with van der Waals surface area (Å²) in [4.78, 5) is 11.9. The van der Waals surface area contributed by atoms with Crippen LogP contribution < -0.4 is 5.43 Å². The van der Waals surface area contributed by atoms with Crippen LogP contribution in [-0.4, -0.2) is 22.3 Å². The molecule has 0 spiro atoms. The van der Waals surface area contributed by atoms with Crippen LogP contribution in [0.1, 0.15) is 40.5 Å². The number of aromatic amines is 1. The van der Waals surface area contributed by atoms with Crippen LogP contribution >= 0.6 is 15.9 Å². The molecular formula is C16H15BrN4O. The molecule has 6 heteroatoms. The standard InChI is InChI=1S/C16H15BrN4O/c17-13(8-11-4-2-1-3-5-11)10-18-21-16(22)15-9-14(19-20-15)12-6-7-12/h1-5,8-10,12H,6-7H2,(H,19,20)(H,21,22). The first-order chi connectivity index (χ1) is 10.7. The van der Waals surface area contributed by atoms with Crippen LogP contribution in [0.5, 0.6) is 0 Å². The third-order valence-corrected chi connectivity index (χ3v) is 3.74. The molecule has 0 bridgehead atoms. The summed E-state index contributed by atoms with van der Waals surface area (Å²) in [6.45, 7) is 0. The average molecular weight is 359 g/mol. The molecule has 22 heavy (non-hydrogen) atoms. The van der Waals surface area contributed by atoms with E-state index in [-0.39, 0.29) is 5.91 Å². The molecule has 0 radical (unpaired) electrons. The van der Waals surface area contributed by atoms with Gasteiger partial charge in [0.25, 0.3) is 5.91 Å². The van der Waals surface area contributed by atoms with Gasteiger partial charge in [-0.25, -0.2) is 5.43 Å². The van der Waals surface area contributed by atoms with E-state index in [1.54, 1.807) is 12.3 Å². The number of halogens is 1. The van der Waals surface area contributed by atoms with Crippen LogP contribution in [0, 0.1) is 0 Å². The Hall–Kier alpha value is -2.21. The Morgan fingerprint density at radius 3 is 2.86 bits per heavy atom. The predicted octanol–water partition coefficient (Wildman–Crippen LogP) is 3.44. The number of carbonyl (C=O) groups is 1. The number of H-pyrrole nitrogens is 1. The van der Waals surface area contributed by atoms with E-state index < -0.39 is 0 Å². The summed E-state index contributed by atoms with van der Waals surface area (Å²) < 4.78 is 0.764. The summed E-state index contributed by atoms with van der Waals surface area (Å²) in [5, 5.41) is 10.8. The van der Waals surface area contributed by atoms with Gasteiger partial charge in [0.15, 0.2) is 5.69 Å². The van der Waals surface area contributed by atoms with E-state index in [9.17, 15) is 4.79 Å². The van der Waals surface area contributed by atoms with E-state index in [4.69, 9.17) is 0 Å². The smallest absolute Gasteiger partial charge is 0.281 e. The maximum Gasteiger partial charge on any atom is 0.291 e. The highest BCUT2D eigenvalue weighted by molar-refractivity contribution is 9.12. The number of aromatic nitrogens is 2. The van der Waals surface area contributed by atoms with Crippen molar-refractivity contribution in [1.82, 2.24) is 15.6 Å². The number of nitrogens with one attached hydrogen (secondary N) is 2. The van der Waals surface area contributed by atoms with Gasteiger partial charge in [-0.1, -0.05) is 30.3 Å².